The highest BCUT2D eigenvalue weighted by atomic mass is 16.1. The Hall–Kier alpha value is -2.09. The molecule has 0 saturated heterocycles. The third kappa shape index (κ3) is 2.46. The van der Waals surface area contributed by atoms with Gasteiger partial charge in [0.2, 0.25) is 5.91 Å². The molecule has 2 N–H and O–H groups in total. The van der Waals surface area contributed by atoms with Crippen LogP contribution in [0.5, 0.6) is 0 Å². The zero-order chi connectivity index (χ0) is 14.7. The van der Waals surface area contributed by atoms with Crippen molar-refractivity contribution in [2.75, 3.05) is 0 Å². The number of aryl methyl sites for hydroxylation is 1. The molecule has 0 heterocycles. The van der Waals surface area contributed by atoms with Gasteiger partial charge in [-0.3, -0.25) is 4.79 Å². The van der Waals surface area contributed by atoms with E-state index in [1.807, 2.05) is 36.4 Å². The zero-order valence-electron chi connectivity index (χ0n) is 12.2. The topological polar surface area (TPSA) is 43.1 Å². The largest absolute Gasteiger partial charge is 0.369 e. The fourth-order valence-corrected chi connectivity index (χ4v) is 3.60. The first kappa shape index (κ1) is 13.9. The maximum atomic E-state index is 12.1. The summed E-state index contributed by atoms with van der Waals surface area (Å²) in [5.74, 6) is 0.190. The number of benzene rings is 2. The van der Waals surface area contributed by atoms with Gasteiger partial charge in [-0.15, -0.1) is 0 Å². The Labute approximate surface area is 126 Å². The van der Waals surface area contributed by atoms with E-state index in [0.717, 1.165) is 31.2 Å². The number of hydrogen-bond acceptors (Lipinski definition) is 1. The molecule has 2 unspecified atom stereocenters. The minimum Gasteiger partial charge on any atom is -0.369 e. The molecule has 1 amide bonds. The van der Waals surface area contributed by atoms with E-state index in [-0.39, 0.29) is 5.91 Å². The van der Waals surface area contributed by atoms with Gasteiger partial charge in [0.25, 0.3) is 0 Å². The number of primary amides is 1. The highest BCUT2D eigenvalue weighted by molar-refractivity contribution is 5.88. The molecule has 0 spiro atoms. The maximum absolute atomic E-state index is 12.1. The predicted molar refractivity (Wildman–Crippen MR) is 84.8 cm³/mol. The first-order valence-corrected chi connectivity index (χ1v) is 7.63. The lowest BCUT2D eigenvalue weighted by Gasteiger charge is -2.48. The molecule has 1 aliphatic rings. The first-order valence-electron chi connectivity index (χ1n) is 7.63. The number of amides is 1. The quantitative estimate of drug-likeness (QED) is 0.895. The van der Waals surface area contributed by atoms with E-state index in [4.69, 9.17) is 5.73 Å². The number of carbonyl (C=O) groups excluding carboxylic acids is 1. The van der Waals surface area contributed by atoms with Crippen molar-refractivity contribution in [1.29, 1.82) is 0 Å². The monoisotopic (exact) mass is 279 g/mol. The van der Waals surface area contributed by atoms with Crippen LogP contribution in [0.4, 0.5) is 0 Å². The molecule has 0 radical (unpaired) electrons. The van der Waals surface area contributed by atoms with Gasteiger partial charge in [-0.1, -0.05) is 60.7 Å². The molecule has 1 aliphatic carbocycles. The minimum atomic E-state index is -0.448. The van der Waals surface area contributed by atoms with Crippen molar-refractivity contribution in [1.82, 2.24) is 0 Å². The molecule has 2 heteroatoms. The van der Waals surface area contributed by atoms with Crippen molar-refractivity contribution in [2.45, 2.75) is 31.1 Å². The fourth-order valence-electron chi connectivity index (χ4n) is 3.60. The van der Waals surface area contributed by atoms with Gasteiger partial charge in [-0.05, 0) is 42.7 Å². The van der Waals surface area contributed by atoms with Crippen LogP contribution in [0.1, 0.15) is 30.4 Å². The molecule has 1 saturated carbocycles. The average molecular weight is 279 g/mol. The molecule has 2 aromatic carbocycles. The lowest BCUT2D eigenvalue weighted by molar-refractivity contribution is -0.130. The number of nitrogens with two attached hydrogens (primary N) is 1. The summed E-state index contributed by atoms with van der Waals surface area (Å²) >= 11 is 0. The number of hydrogen-bond donors (Lipinski definition) is 1. The summed E-state index contributed by atoms with van der Waals surface area (Å²) in [7, 11) is 0. The summed E-state index contributed by atoms with van der Waals surface area (Å²) in [5.41, 5.74) is 7.75. The van der Waals surface area contributed by atoms with E-state index in [1.54, 1.807) is 0 Å². The van der Waals surface area contributed by atoms with Gasteiger partial charge in [0.1, 0.15) is 0 Å². The third-order valence-corrected chi connectivity index (χ3v) is 4.94. The summed E-state index contributed by atoms with van der Waals surface area (Å²) in [6, 6.07) is 20.5. The molecule has 21 heavy (non-hydrogen) atoms. The van der Waals surface area contributed by atoms with Gasteiger partial charge < -0.3 is 5.73 Å². The summed E-state index contributed by atoms with van der Waals surface area (Å²) in [5, 5.41) is 0. The standard InChI is InChI=1S/C19H21NO/c20-18(21)19(16-9-5-2-6-10-16)14-13-17(19)12-11-15-7-3-1-4-8-15/h1-10,17H,11-14H2,(H2,20,21). The van der Waals surface area contributed by atoms with Crippen molar-refractivity contribution < 1.29 is 4.79 Å². The van der Waals surface area contributed by atoms with Crippen molar-refractivity contribution in [3.8, 4) is 0 Å². The first-order chi connectivity index (χ1) is 10.2. The van der Waals surface area contributed by atoms with Crippen LogP contribution in [0.25, 0.3) is 0 Å². The van der Waals surface area contributed by atoms with Crippen LogP contribution in [0.15, 0.2) is 60.7 Å². The van der Waals surface area contributed by atoms with Crippen LogP contribution in [-0.2, 0) is 16.6 Å². The van der Waals surface area contributed by atoms with Crippen LogP contribution < -0.4 is 5.73 Å². The summed E-state index contributed by atoms with van der Waals surface area (Å²) in [6.45, 7) is 0. The minimum absolute atomic E-state index is 0.169. The third-order valence-electron chi connectivity index (χ3n) is 4.94. The van der Waals surface area contributed by atoms with E-state index in [1.165, 1.54) is 5.56 Å². The summed E-state index contributed by atoms with van der Waals surface area (Å²) < 4.78 is 0. The van der Waals surface area contributed by atoms with Gasteiger partial charge in [-0.25, -0.2) is 0 Å². The SMILES string of the molecule is NC(=O)C1(c2ccccc2)CCC1CCc1ccccc1. The Balaban J connectivity index is 1.78. The lowest BCUT2D eigenvalue weighted by atomic mass is 9.55. The molecular formula is C19H21NO. The molecule has 3 rings (SSSR count). The molecule has 2 nitrogen and oxygen atoms in total. The van der Waals surface area contributed by atoms with Crippen LogP contribution in [0, 0.1) is 5.92 Å². The second-order valence-corrected chi connectivity index (χ2v) is 5.96. The highest BCUT2D eigenvalue weighted by Crippen LogP contribution is 2.50. The van der Waals surface area contributed by atoms with E-state index in [0.29, 0.717) is 5.92 Å². The molecule has 0 aromatic heterocycles. The van der Waals surface area contributed by atoms with Gasteiger partial charge >= 0.3 is 0 Å². The Kier molecular flexibility index (Phi) is 3.78. The van der Waals surface area contributed by atoms with Crippen molar-refractivity contribution in [3.05, 3.63) is 71.8 Å². The van der Waals surface area contributed by atoms with E-state index >= 15 is 0 Å². The highest BCUT2D eigenvalue weighted by Gasteiger charge is 2.52. The Morgan fingerprint density at radius 3 is 2.19 bits per heavy atom. The Bertz CT molecular complexity index is 608. The molecule has 0 aliphatic heterocycles. The Morgan fingerprint density at radius 1 is 1.05 bits per heavy atom. The normalized spacial score (nSPS) is 24.3. The van der Waals surface area contributed by atoms with E-state index in [9.17, 15) is 4.79 Å². The molecule has 2 aromatic rings. The summed E-state index contributed by atoms with van der Waals surface area (Å²) in [4.78, 5) is 12.1. The van der Waals surface area contributed by atoms with Crippen LogP contribution in [0.2, 0.25) is 0 Å². The predicted octanol–water partition coefficient (Wildman–Crippen LogP) is 3.45. The second-order valence-electron chi connectivity index (χ2n) is 5.96. The molecule has 1 fully saturated rings. The molecule has 0 bridgehead atoms. The van der Waals surface area contributed by atoms with Crippen LogP contribution in [-0.4, -0.2) is 5.91 Å². The van der Waals surface area contributed by atoms with E-state index in [2.05, 4.69) is 24.3 Å². The molecule has 2 atom stereocenters. The summed E-state index contributed by atoms with van der Waals surface area (Å²) in [6.07, 6.45) is 3.99. The average Bonchev–Trinajstić information content (AvgIpc) is 2.48. The van der Waals surface area contributed by atoms with Gasteiger partial charge in [0.15, 0.2) is 0 Å². The fraction of sp³-hybridized carbons (Fsp3) is 0.316. The number of rotatable bonds is 5. The van der Waals surface area contributed by atoms with Gasteiger partial charge in [0, 0.05) is 0 Å². The Morgan fingerprint density at radius 2 is 1.67 bits per heavy atom. The molecule has 108 valence electrons. The van der Waals surface area contributed by atoms with Crippen LogP contribution >= 0.6 is 0 Å². The number of carbonyl (C=O) groups is 1. The second kappa shape index (κ2) is 5.72. The van der Waals surface area contributed by atoms with Crippen LogP contribution in [0.3, 0.4) is 0 Å². The van der Waals surface area contributed by atoms with Gasteiger partial charge in [0.05, 0.1) is 5.41 Å². The van der Waals surface area contributed by atoms with E-state index < -0.39 is 5.41 Å². The smallest absolute Gasteiger partial charge is 0.228 e. The lowest BCUT2D eigenvalue weighted by Crippen LogP contribution is -2.54. The van der Waals surface area contributed by atoms with Crippen molar-refractivity contribution in [2.24, 2.45) is 11.7 Å². The maximum Gasteiger partial charge on any atom is 0.228 e. The van der Waals surface area contributed by atoms with Crippen molar-refractivity contribution >= 4 is 5.91 Å². The zero-order valence-corrected chi connectivity index (χ0v) is 12.2. The van der Waals surface area contributed by atoms with Gasteiger partial charge in [-0.2, -0.15) is 0 Å². The molecular weight excluding hydrogens is 258 g/mol. The van der Waals surface area contributed by atoms with Crippen molar-refractivity contribution in [3.63, 3.8) is 0 Å².